The number of aryl methyl sites for hydroxylation is 2. The summed E-state index contributed by atoms with van der Waals surface area (Å²) in [5.41, 5.74) is 5.06. The molecule has 0 spiro atoms. The Hall–Kier alpha value is -2.04. The van der Waals surface area contributed by atoms with Crippen molar-refractivity contribution >= 4 is 20.0 Å². The van der Waals surface area contributed by atoms with Gasteiger partial charge < -0.3 is 12.4 Å². The molecule has 142 valence electrons. The summed E-state index contributed by atoms with van der Waals surface area (Å²) in [4.78, 5) is 9.83. The van der Waals surface area contributed by atoms with Crippen molar-refractivity contribution in [1.82, 2.24) is 14.8 Å². The molecule has 0 saturated heterocycles. The fraction of sp³-hybridized carbons (Fsp3) is 0.227. The molecule has 0 unspecified atom stereocenters. The first kappa shape index (κ1) is 24.0. The average Bonchev–Trinajstić information content (AvgIpc) is 2.92. The first-order chi connectivity index (χ1) is 12.3. The van der Waals surface area contributed by atoms with Gasteiger partial charge in [-0.05, 0) is 45.8 Å². The largest absolute Gasteiger partial charge is 2.00 e. The third kappa shape index (κ3) is 6.25. The summed E-state index contributed by atoms with van der Waals surface area (Å²) < 4.78 is 1.88. The van der Waals surface area contributed by atoms with Gasteiger partial charge in [0.1, 0.15) is 0 Å². The molecule has 2 heterocycles. The van der Waals surface area contributed by atoms with E-state index in [1.807, 2.05) is 54.9 Å². The Kier molecular flexibility index (Phi) is 8.52. The Morgan fingerprint density at radius 2 is 1.68 bits per heavy atom. The minimum atomic E-state index is -1.63. The molecule has 0 aliphatic rings. The molecular formula is C22H28N4SiZn. The monoisotopic (exact) mass is 440 g/mol. The summed E-state index contributed by atoms with van der Waals surface area (Å²) in [7, 11) is -1.63. The zero-order valence-electron chi connectivity index (χ0n) is 17.8. The predicted octanol–water partition coefficient (Wildman–Crippen LogP) is 6.04. The van der Waals surface area contributed by atoms with Gasteiger partial charge in [-0.1, -0.05) is 62.1 Å². The van der Waals surface area contributed by atoms with Gasteiger partial charge in [-0.15, -0.1) is 5.70 Å². The van der Waals surface area contributed by atoms with Crippen LogP contribution in [0.4, 0.5) is 0 Å². The molecule has 0 aliphatic carbocycles. The Morgan fingerprint density at radius 1 is 1.00 bits per heavy atom. The first-order valence-electron chi connectivity index (χ1n) is 8.82. The molecular weight excluding hydrogens is 414 g/mol. The second-order valence-electron chi connectivity index (χ2n) is 7.44. The maximum absolute atomic E-state index is 5.04. The molecule has 0 radical (unpaired) electrons. The van der Waals surface area contributed by atoms with E-state index >= 15 is 0 Å². The average molecular weight is 442 g/mol. The van der Waals surface area contributed by atoms with Crippen LogP contribution in [0, 0.1) is 21.3 Å². The fourth-order valence-electron chi connectivity index (χ4n) is 2.79. The molecule has 6 heteroatoms. The number of benzene rings is 1. The molecule has 0 N–H and O–H groups in total. The van der Waals surface area contributed by atoms with Crippen LogP contribution in [0.15, 0.2) is 54.6 Å². The summed E-state index contributed by atoms with van der Waals surface area (Å²) in [5, 5.41) is 4.54. The van der Waals surface area contributed by atoms with Crippen LogP contribution in [0.5, 0.6) is 0 Å². The molecule has 0 aliphatic heterocycles. The Morgan fingerprint density at radius 3 is 2.25 bits per heavy atom. The second kappa shape index (κ2) is 9.94. The number of pyridine rings is 1. The number of aromatic nitrogens is 3. The van der Waals surface area contributed by atoms with Gasteiger partial charge in [-0.3, -0.25) is 0 Å². The topological polar surface area (TPSA) is 44.8 Å². The van der Waals surface area contributed by atoms with E-state index in [2.05, 4.69) is 49.0 Å². The number of nitrogens with zero attached hydrogens (tertiary/aromatic N) is 4. The number of hydrogen-bond acceptors (Lipinski definition) is 2. The van der Waals surface area contributed by atoms with Gasteiger partial charge >= 0.3 is 19.5 Å². The molecule has 0 amide bonds. The van der Waals surface area contributed by atoms with E-state index in [1.54, 1.807) is 0 Å². The van der Waals surface area contributed by atoms with E-state index in [4.69, 9.17) is 9.97 Å². The molecule has 4 nitrogen and oxygen atoms in total. The molecule has 0 fully saturated rings. The third-order valence-electron chi connectivity index (χ3n) is 3.79. The smallest absolute Gasteiger partial charge is 0.687 e. The summed E-state index contributed by atoms with van der Waals surface area (Å²) >= 11 is 0. The van der Waals surface area contributed by atoms with Crippen molar-refractivity contribution in [3.63, 3.8) is 0 Å². The first-order valence-corrected chi connectivity index (χ1v) is 12.3. The van der Waals surface area contributed by atoms with E-state index in [1.165, 1.54) is 0 Å². The van der Waals surface area contributed by atoms with Crippen molar-refractivity contribution in [2.24, 2.45) is 0 Å². The van der Waals surface area contributed by atoms with Crippen LogP contribution in [-0.2, 0) is 19.5 Å². The van der Waals surface area contributed by atoms with Crippen LogP contribution in [0.2, 0.25) is 19.6 Å². The zero-order valence-corrected chi connectivity index (χ0v) is 21.7. The van der Waals surface area contributed by atoms with E-state index in [-0.39, 0.29) is 26.9 Å². The molecule has 0 bridgehead atoms. The zero-order chi connectivity index (χ0) is 18.7. The van der Waals surface area contributed by atoms with Crippen molar-refractivity contribution < 1.29 is 19.5 Å². The molecule has 3 rings (SSSR count). The summed E-state index contributed by atoms with van der Waals surface area (Å²) in [5.74, 6) is 0.824. The minimum absolute atomic E-state index is 0. The van der Waals surface area contributed by atoms with Gasteiger partial charge in [0, 0.05) is 5.69 Å². The Balaban J connectivity index is 0.00000196. The third-order valence-corrected chi connectivity index (χ3v) is 4.70. The second-order valence-corrected chi connectivity index (χ2v) is 12.0. The van der Waals surface area contributed by atoms with E-state index in [0.717, 1.165) is 34.2 Å². The van der Waals surface area contributed by atoms with Crippen LogP contribution < -0.4 is 0 Å². The molecule has 28 heavy (non-hydrogen) atoms. The van der Waals surface area contributed by atoms with Crippen molar-refractivity contribution in [3.05, 3.63) is 89.7 Å². The van der Waals surface area contributed by atoms with Gasteiger partial charge in [0.2, 0.25) is 0 Å². The van der Waals surface area contributed by atoms with Gasteiger partial charge in [-0.2, -0.15) is 5.10 Å². The fourth-order valence-corrected chi connectivity index (χ4v) is 3.71. The number of rotatable bonds is 5. The number of hydrogen-bond donors (Lipinski definition) is 0. The summed E-state index contributed by atoms with van der Waals surface area (Å²) in [6.45, 7) is 10.8. The Labute approximate surface area is 183 Å². The van der Waals surface area contributed by atoms with Gasteiger partial charge in [0.05, 0.1) is 11.4 Å². The van der Waals surface area contributed by atoms with E-state index in [9.17, 15) is 0 Å². The van der Waals surface area contributed by atoms with Crippen molar-refractivity contribution in [1.29, 1.82) is 0 Å². The maximum atomic E-state index is 5.04. The molecule has 0 saturated carbocycles. The quantitative estimate of drug-likeness (QED) is 0.358. The van der Waals surface area contributed by atoms with Crippen LogP contribution in [0.25, 0.3) is 22.6 Å². The van der Waals surface area contributed by atoms with Crippen LogP contribution in [0.1, 0.15) is 22.6 Å². The van der Waals surface area contributed by atoms with Crippen molar-refractivity contribution in [2.75, 3.05) is 0 Å². The van der Waals surface area contributed by atoms with Crippen LogP contribution in [-0.4, -0.2) is 23.0 Å². The normalized spacial score (nSPS) is 11.4. The van der Waals surface area contributed by atoms with Crippen molar-refractivity contribution in [2.45, 2.75) is 33.5 Å². The predicted molar refractivity (Wildman–Crippen MR) is 118 cm³/mol. The minimum Gasteiger partial charge on any atom is -0.687 e. The maximum Gasteiger partial charge on any atom is 2.00 e. The molecule has 2 aromatic heterocycles. The van der Waals surface area contributed by atoms with E-state index < -0.39 is 8.24 Å². The molecule has 0 atom stereocenters. The van der Waals surface area contributed by atoms with Gasteiger partial charge in [0.25, 0.3) is 0 Å². The van der Waals surface area contributed by atoms with E-state index in [0.29, 0.717) is 0 Å². The van der Waals surface area contributed by atoms with Crippen LogP contribution in [0.3, 0.4) is 0 Å². The van der Waals surface area contributed by atoms with Crippen molar-refractivity contribution in [3.8, 4) is 5.82 Å². The summed E-state index contributed by atoms with van der Waals surface area (Å²) in [6.07, 6.45) is 2.07. The molecule has 3 aromatic rings. The Bertz CT molecular complexity index is 927. The SMILES string of the molecule is Cc1cc(C)n(-c2cccc(/C=C(\[N-][Si](C)(C)C)c3ccccc3)n2)n1.[CH3-].[Zn+2]. The molecule has 1 aromatic carbocycles. The standard InChI is InChI=1S/C21H25N4Si.CH3.Zn/c1-16-14-17(2)25(23-16)21-13-9-12-19(22-21)15-20(24-26(3,4)5)18-10-7-6-8-11-18;;/h6-15H,1-5H3;1H3;/q2*-1;+2/b20-15-;;. The van der Waals surface area contributed by atoms with Gasteiger partial charge in [0.15, 0.2) is 5.82 Å². The summed E-state index contributed by atoms with van der Waals surface area (Å²) in [6, 6.07) is 18.4. The van der Waals surface area contributed by atoms with Gasteiger partial charge in [-0.25, -0.2) is 9.67 Å². The van der Waals surface area contributed by atoms with Crippen LogP contribution >= 0.6 is 0 Å².